The van der Waals surface area contributed by atoms with Crippen molar-refractivity contribution in [2.45, 2.75) is 20.1 Å². The molecule has 0 aromatic heterocycles. The summed E-state index contributed by atoms with van der Waals surface area (Å²) in [6, 6.07) is 12.7. The summed E-state index contributed by atoms with van der Waals surface area (Å²) >= 11 is 0. The summed E-state index contributed by atoms with van der Waals surface area (Å²) in [4.78, 5) is 0. The first kappa shape index (κ1) is 10.4. The van der Waals surface area contributed by atoms with Gasteiger partial charge in [-0.05, 0) is 46.9 Å². The van der Waals surface area contributed by atoms with Crippen LogP contribution in [0.2, 0.25) is 0 Å². The summed E-state index contributed by atoms with van der Waals surface area (Å²) < 4.78 is 5.42. The summed E-state index contributed by atoms with van der Waals surface area (Å²) in [5, 5.41) is 0. The van der Waals surface area contributed by atoms with Crippen molar-refractivity contribution in [2.75, 3.05) is 5.73 Å². The largest absolute Gasteiger partial charge is 0.398 e. The van der Waals surface area contributed by atoms with E-state index in [9.17, 15) is 0 Å². The SMILES string of the molecule is Cc1ccc(-c2ccc3c(c2)COC3)cc1N. The van der Waals surface area contributed by atoms with Gasteiger partial charge in [-0.15, -0.1) is 0 Å². The number of fused-ring (bicyclic) bond motifs is 1. The fourth-order valence-corrected chi connectivity index (χ4v) is 2.17. The molecule has 0 saturated carbocycles. The highest BCUT2D eigenvalue weighted by molar-refractivity contribution is 5.70. The van der Waals surface area contributed by atoms with Crippen molar-refractivity contribution in [3.05, 3.63) is 53.1 Å². The zero-order valence-electron chi connectivity index (χ0n) is 9.86. The van der Waals surface area contributed by atoms with Gasteiger partial charge in [0, 0.05) is 5.69 Å². The van der Waals surface area contributed by atoms with Gasteiger partial charge in [0.15, 0.2) is 0 Å². The maximum atomic E-state index is 5.95. The third-order valence-corrected chi connectivity index (χ3v) is 3.33. The predicted molar refractivity (Wildman–Crippen MR) is 69.5 cm³/mol. The molecule has 0 saturated heterocycles. The van der Waals surface area contributed by atoms with Crippen LogP contribution in [0, 0.1) is 6.92 Å². The third kappa shape index (κ3) is 1.81. The van der Waals surface area contributed by atoms with E-state index in [0.717, 1.165) is 24.5 Å². The van der Waals surface area contributed by atoms with E-state index in [4.69, 9.17) is 10.5 Å². The molecule has 0 fully saturated rings. The predicted octanol–water partition coefficient (Wildman–Crippen LogP) is 3.27. The highest BCUT2D eigenvalue weighted by Gasteiger charge is 2.11. The second-order valence-electron chi connectivity index (χ2n) is 4.55. The van der Waals surface area contributed by atoms with Crippen LogP contribution in [-0.4, -0.2) is 0 Å². The van der Waals surface area contributed by atoms with Crippen LogP contribution in [0.5, 0.6) is 0 Å². The van der Waals surface area contributed by atoms with Crippen molar-refractivity contribution in [3.8, 4) is 11.1 Å². The molecule has 0 aliphatic carbocycles. The number of hydrogen-bond acceptors (Lipinski definition) is 2. The average Bonchev–Trinajstić information content (AvgIpc) is 2.79. The van der Waals surface area contributed by atoms with Gasteiger partial charge in [0.05, 0.1) is 13.2 Å². The van der Waals surface area contributed by atoms with Gasteiger partial charge in [0.2, 0.25) is 0 Å². The number of benzene rings is 2. The Morgan fingerprint density at radius 2 is 1.65 bits per heavy atom. The third-order valence-electron chi connectivity index (χ3n) is 3.33. The molecule has 1 aliphatic rings. The van der Waals surface area contributed by atoms with E-state index in [-0.39, 0.29) is 0 Å². The summed E-state index contributed by atoms with van der Waals surface area (Å²) in [7, 11) is 0. The molecule has 0 bridgehead atoms. The van der Waals surface area contributed by atoms with E-state index >= 15 is 0 Å². The minimum Gasteiger partial charge on any atom is -0.398 e. The average molecular weight is 225 g/mol. The molecule has 1 aliphatic heterocycles. The van der Waals surface area contributed by atoms with Crippen molar-refractivity contribution >= 4 is 5.69 Å². The minimum absolute atomic E-state index is 0.727. The Morgan fingerprint density at radius 3 is 2.47 bits per heavy atom. The van der Waals surface area contributed by atoms with E-state index in [2.05, 4.69) is 30.3 Å². The van der Waals surface area contributed by atoms with Gasteiger partial charge in [-0.25, -0.2) is 0 Å². The quantitative estimate of drug-likeness (QED) is 0.756. The molecular formula is C15H15NO. The van der Waals surface area contributed by atoms with Crippen LogP contribution in [0.3, 0.4) is 0 Å². The van der Waals surface area contributed by atoms with Crippen LogP contribution in [0.15, 0.2) is 36.4 Å². The number of nitrogen functional groups attached to an aromatic ring is 1. The molecule has 2 N–H and O–H groups in total. The molecule has 0 unspecified atom stereocenters. The van der Waals surface area contributed by atoms with Crippen molar-refractivity contribution in [3.63, 3.8) is 0 Å². The van der Waals surface area contributed by atoms with Gasteiger partial charge in [-0.1, -0.05) is 24.3 Å². The van der Waals surface area contributed by atoms with Crippen molar-refractivity contribution in [1.29, 1.82) is 0 Å². The van der Waals surface area contributed by atoms with Gasteiger partial charge in [-0.3, -0.25) is 0 Å². The van der Waals surface area contributed by atoms with Gasteiger partial charge >= 0.3 is 0 Å². The zero-order chi connectivity index (χ0) is 11.8. The molecule has 2 nitrogen and oxygen atoms in total. The molecule has 0 amide bonds. The smallest absolute Gasteiger partial charge is 0.0725 e. The number of anilines is 1. The Hall–Kier alpha value is -1.80. The van der Waals surface area contributed by atoms with Crippen LogP contribution in [-0.2, 0) is 18.0 Å². The van der Waals surface area contributed by atoms with Crippen molar-refractivity contribution in [1.82, 2.24) is 0 Å². The molecule has 0 radical (unpaired) electrons. The Kier molecular flexibility index (Phi) is 2.37. The van der Waals surface area contributed by atoms with Crippen molar-refractivity contribution < 1.29 is 4.74 Å². The fraction of sp³-hybridized carbons (Fsp3) is 0.200. The minimum atomic E-state index is 0.727. The number of ether oxygens (including phenoxy) is 1. The van der Waals surface area contributed by atoms with Crippen LogP contribution in [0.4, 0.5) is 5.69 Å². The molecular weight excluding hydrogens is 210 g/mol. The maximum Gasteiger partial charge on any atom is 0.0725 e. The summed E-state index contributed by atoms with van der Waals surface area (Å²) in [5.41, 5.74) is 12.9. The van der Waals surface area contributed by atoms with E-state index in [1.54, 1.807) is 0 Å². The van der Waals surface area contributed by atoms with Crippen LogP contribution >= 0.6 is 0 Å². The van der Waals surface area contributed by atoms with Crippen LogP contribution in [0.1, 0.15) is 16.7 Å². The molecule has 86 valence electrons. The first-order chi connectivity index (χ1) is 8.24. The summed E-state index contributed by atoms with van der Waals surface area (Å²) in [5.74, 6) is 0. The van der Waals surface area contributed by atoms with E-state index < -0.39 is 0 Å². The monoisotopic (exact) mass is 225 g/mol. The Balaban J connectivity index is 2.06. The lowest BCUT2D eigenvalue weighted by molar-refractivity contribution is 0.134. The molecule has 0 atom stereocenters. The normalized spacial score (nSPS) is 13.7. The summed E-state index contributed by atoms with van der Waals surface area (Å²) in [6.45, 7) is 3.49. The van der Waals surface area contributed by atoms with E-state index in [1.807, 2.05) is 13.0 Å². The highest BCUT2D eigenvalue weighted by atomic mass is 16.5. The number of nitrogens with two attached hydrogens (primary N) is 1. The Labute approximate surface area is 101 Å². The standard InChI is InChI=1S/C15H15NO/c1-10-2-3-12(7-15(10)16)11-4-5-13-8-17-9-14(13)6-11/h2-7H,8-9,16H2,1H3. The zero-order valence-corrected chi connectivity index (χ0v) is 9.86. The lowest BCUT2D eigenvalue weighted by atomic mass is 9.99. The van der Waals surface area contributed by atoms with Crippen LogP contribution < -0.4 is 5.73 Å². The first-order valence-electron chi connectivity index (χ1n) is 5.80. The lowest BCUT2D eigenvalue weighted by Crippen LogP contribution is -1.90. The summed E-state index contributed by atoms with van der Waals surface area (Å²) in [6.07, 6.45) is 0. The maximum absolute atomic E-state index is 5.95. The van der Waals surface area contributed by atoms with E-state index in [0.29, 0.717) is 0 Å². The van der Waals surface area contributed by atoms with Gasteiger partial charge in [0.25, 0.3) is 0 Å². The van der Waals surface area contributed by atoms with Gasteiger partial charge in [-0.2, -0.15) is 0 Å². The van der Waals surface area contributed by atoms with Crippen LogP contribution in [0.25, 0.3) is 11.1 Å². The number of aryl methyl sites for hydroxylation is 1. The second-order valence-corrected chi connectivity index (χ2v) is 4.55. The highest BCUT2D eigenvalue weighted by Crippen LogP contribution is 2.28. The molecule has 2 aromatic rings. The second kappa shape index (κ2) is 3.90. The molecule has 1 heterocycles. The number of rotatable bonds is 1. The molecule has 2 heteroatoms. The molecule has 17 heavy (non-hydrogen) atoms. The molecule has 2 aromatic carbocycles. The molecule has 3 rings (SSSR count). The fourth-order valence-electron chi connectivity index (χ4n) is 2.17. The molecule has 0 spiro atoms. The Morgan fingerprint density at radius 1 is 0.941 bits per heavy atom. The Bertz CT molecular complexity index is 575. The van der Waals surface area contributed by atoms with Crippen molar-refractivity contribution in [2.24, 2.45) is 0 Å². The topological polar surface area (TPSA) is 35.2 Å². The first-order valence-corrected chi connectivity index (χ1v) is 5.80. The van der Waals surface area contributed by atoms with Gasteiger partial charge < -0.3 is 10.5 Å². The van der Waals surface area contributed by atoms with E-state index in [1.165, 1.54) is 22.3 Å². The number of hydrogen-bond donors (Lipinski definition) is 1. The lowest BCUT2D eigenvalue weighted by Gasteiger charge is -2.07. The van der Waals surface area contributed by atoms with Gasteiger partial charge in [0.1, 0.15) is 0 Å².